The Hall–Kier alpha value is -1.85. The lowest BCUT2D eigenvalue weighted by atomic mass is 10.2. The molecule has 0 spiro atoms. The zero-order valence-corrected chi connectivity index (χ0v) is 14.1. The van der Waals surface area contributed by atoms with Crippen LogP contribution in [-0.4, -0.2) is 43.5 Å². The van der Waals surface area contributed by atoms with Gasteiger partial charge in [0.25, 0.3) is 0 Å². The van der Waals surface area contributed by atoms with Gasteiger partial charge in [-0.15, -0.1) is 11.3 Å². The highest BCUT2D eigenvalue weighted by Crippen LogP contribution is 2.22. The van der Waals surface area contributed by atoms with Gasteiger partial charge in [0.1, 0.15) is 0 Å². The van der Waals surface area contributed by atoms with Gasteiger partial charge in [0.05, 0.1) is 6.04 Å². The van der Waals surface area contributed by atoms with E-state index >= 15 is 0 Å². The average molecular weight is 317 g/mol. The van der Waals surface area contributed by atoms with Crippen molar-refractivity contribution in [3.05, 3.63) is 58.3 Å². The first-order valence-corrected chi connectivity index (χ1v) is 8.18. The van der Waals surface area contributed by atoms with Crippen molar-refractivity contribution < 1.29 is 4.79 Å². The van der Waals surface area contributed by atoms with Crippen molar-refractivity contribution >= 4 is 17.4 Å². The molecule has 1 atom stereocenters. The number of rotatable bonds is 6. The Kier molecular flexibility index (Phi) is 5.98. The largest absolute Gasteiger partial charge is 0.336 e. The molecule has 5 heteroatoms. The van der Waals surface area contributed by atoms with E-state index in [9.17, 15) is 4.79 Å². The highest BCUT2D eigenvalue weighted by atomic mass is 32.1. The molecule has 118 valence electrons. The summed E-state index contributed by atoms with van der Waals surface area (Å²) >= 11 is 1.72. The van der Waals surface area contributed by atoms with E-state index in [1.807, 2.05) is 57.5 Å². The average Bonchev–Trinajstić information content (AvgIpc) is 3.02. The van der Waals surface area contributed by atoms with Crippen molar-refractivity contribution in [2.75, 3.05) is 27.7 Å². The molecule has 2 rings (SSSR count). The molecular formula is C17H23N3OS. The van der Waals surface area contributed by atoms with Crippen LogP contribution in [0.1, 0.15) is 16.5 Å². The minimum Gasteiger partial charge on any atom is -0.336 e. The highest BCUT2D eigenvalue weighted by molar-refractivity contribution is 7.10. The third-order valence-electron chi connectivity index (χ3n) is 3.55. The van der Waals surface area contributed by atoms with Crippen molar-refractivity contribution in [3.8, 4) is 0 Å². The maximum atomic E-state index is 12.2. The summed E-state index contributed by atoms with van der Waals surface area (Å²) < 4.78 is 0. The van der Waals surface area contributed by atoms with Gasteiger partial charge in [0, 0.05) is 25.0 Å². The summed E-state index contributed by atoms with van der Waals surface area (Å²) in [6, 6.07) is 14.3. The standard InChI is InChI=1S/C17H23N3OS/c1-19(2)15(16-10-7-11-22-16)12-18-17(21)20(3)13-14-8-5-4-6-9-14/h4-11,15H,12-13H2,1-3H3,(H,18,21). The molecule has 0 saturated carbocycles. The van der Waals surface area contributed by atoms with Crippen molar-refractivity contribution in [1.82, 2.24) is 15.1 Å². The second-order valence-corrected chi connectivity index (χ2v) is 6.50. The molecule has 1 aromatic heterocycles. The topological polar surface area (TPSA) is 35.6 Å². The second kappa shape index (κ2) is 7.96. The van der Waals surface area contributed by atoms with Crippen molar-refractivity contribution in [2.24, 2.45) is 0 Å². The van der Waals surface area contributed by atoms with Crippen molar-refractivity contribution in [1.29, 1.82) is 0 Å². The van der Waals surface area contributed by atoms with Crippen LogP contribution in [-0.2, 0) is 6.54 Å². The highest BCUT2D eigenvalue weighted by Gasteiger charge is 2.17. The minimum absolute atomic E-state index is 0.0488. The number of carbonyl (C=O) groups is 1. The first kappa shape index (κ1) is 16.5. The number of thiophene rings is 1. The van der Waals surface area contributed by atoms with Gasteiger partial charge in [-0.05, 0) is 31.1 Å². The molecule has 0 bridgehead atoms. The Morgan fingerprint density at radius 3 is 2.45 bits per heavy atom. The lowest BCUT2D eigenvalue weighted by molar-refractivity contribution is 0.201. The summed E-state index contributed by atoms with van der Waals surface area (Å²) in [6.45, 7) is 1.21. The summed E-state index contributed by atoms with van der Waals surface area (Å²) in [5, 5.41) is 5.09. The van der Waals surface area contributed by atoms with Crippen LogP contribution in [0.15, 0.2) is 47.8 Å². The van der Waals surface area contributed by atoms with Gasteiger partial charge in [-0.2, -0.15) is 0 Å². The molecule has 2 amide bonds. The zero-order chi connectivity index (χ0) is 15.9. The maximum absolute atomic E-state index is 12.2. The molecule has 1 aromatic carbocycles. The second-order valence-electron chi connectivity index (χ2n) is 5.52. The Balaban J connectivity index is 1.88. The number of carbonyl (C=O) groups excluding carboxylic acids is 1. The number of hydrogen-bond donors (Lipinski definition) is 1. The molecule has 4 nitrogen and oxygen atoms in total. The molecule has 1 N–H and O–H groups in total. The number of hydrogen-bond acceptors (Lipinski definition) is 3. The van der Waals surface area contributed by atoms with Crippen molar-refractivity contribution in [3.63, 3.8) is 0 Å². The van der Waals surface area contributed by atoms with Crippen LogP contribution in [0.3, 0.4) is 0 Å². The number of likely N-dealkylation sites (N-methyl/N-ethyl adjacent to an activating group) is 1. The van der Waals surface area contributed by atoms with Crippen molar-refractivity contribution in [2.45, 2.75) is 12.6 Å². The predicted octanol–water partition coefficient (Wildman–Crippen LogP) is 3.19. The predicted molar refractivity (Wildman–Crippen MR) is 92.1 cm³/mol. The van der Waals surface area contributed by atoms with E-state index in [1.165, 1.54) is 4.88 Å². The minimum atomic E-state index is -0.0488. The van der Waals surface area contributed by atoms with Gasteiger partial charge in [-0.1, -0.05) is 36.4 Å². The van der Waals surface area contributed by atoms with Gasteiger partial charge < -0.3 is 15.1 Å². The number of nitrogens with zero attached hydrogens (tertiary/aromatic N) is 2. The lowest BCUT2D eigenvalue weighted by Crippen LogP contribution is -2.41. The third kappa shape index (κ3) is 4.58. The molecule has 22 heavy (non-hydrogen) atoms. The quantitative estimate of drug-likeness (QED) is 0.888. The third-order valence-corrected chi connectivity index (χ3v) is 4.52. The van der Waals surface area contributed by atoms with E-state index in [-0.39, 0.29) is 12.1 Å². The monoisotopic (exact) mass is 317 g/mol. The molecule has 1 heterocycles. The van der Waals surface area contributed by atoms with Crippen LogP contribution < -0.4 is 5.32 Å². The van der Waals surface area contributed by atoms with Gasteiger partial charge in [0.15, 0.2) is 0 Å². The van der Waals surface area contributed by atoms with Gasteiger partial charge in [0.2, 0.25) is 0 Å². The zero-order valence-electron chi connectivity index (χ0n) is 13.3. The Labute approximate surface area is 136 Å². The smallest absolute Gasteiger partial charge is 0.317 e. The van der Waals surface area contributed by atoms with Crippen LogP contribution in [0, 0.1) is 0 Å². The molecule has 0 aliphatic rings. The molecule has 2 aromatic rings. The lowest BCUT2D eigenvalue weighted by Gasteiger charge is -2.25. The number of nitrogens with one attached hydrogen (secondary N) is 1. The first-order chi connectivity index (χ1) is 10.6. The van der Waals surface area contributed by atoms with E-state index in [1.54, 1.807) is 16.2 Å². The fourth-order valence-electron chi connectivity index (χ4n) is 2.27. The van der Waals surface area contributed by atoms with E-state index in [0.717, 1.165) is 5.56 Å². The SMILES string of the molecule is CN(Cc1ccccc1)C(=O)NCC(c1cccs1)N(C)C. The van der Waals surface area contributed by atoms with E-state index in [4.69, 9.17) is 0 Å². The van der Waals surface area contributed by atoms with Crippen LogP contribution in [0.2, 0.25) is 0 Å². The normalized spacial score (nSPS) is 12.2. The molecule has 0 aliphatic heterocycles. The summed E-state index contributed by atoms with van der Waals surface area (Å²) in [5.41, 5.74) is 1.13. The van der Waals surface area contributed by atoms with Crippen LogP contribution >= 0.6 is 11.3 Å². The number of benzene rings is 1. The maximum Gasteiger partial charge on any atom is 0.317 e. The number of urea groups is 1. The molecule has 0 radical (unpaired) electrons. The number of amides is 2. The van der Waals surface area contributed by atoms with Crippen LogP contribution in [0.5, 0.6) is 0 Å². The van der Waals surface area contributed by atoms with Gasteiger partial charge in [-0.3, -0.25) is 0 Å². The van der Waals surface area contributed by atoms with Gasteiger partial charge in [-0.25, -0.2) is 4.79 Å². The molecule has 1 unspecified atom stereocenters. The van der Waals surface area contributed by atoms with Crippen LogP contribution in [0.25, 0.3) is 0 Å². The summed E-state index contributed by atoms with van der Waals surface area (Å²) in [4.78, 5) is 17.3. The Morgan fingerprint density at radius 1 is 1.14 bits per heavy atom. The molecule has 0 saturated heterocycles. The Bertz CT molecular complexity index is 569. The van der Waals surface area contributed by atoms with E-state index in [2.05, 4.69) is 21.7 Å². The van der Waals surface area contributed by atoms with E-state index < -0.39 is 0 Å². The van der Waals surface area contributed by atoms with Gasteiger partial charge >= 0.3 is 6.03 Å². The summed E-state index contributed by atoms with van der Waals surface area (Å²) in [7, 11) is 5.88. The summed E-state index contributed by atoms with van der Waals surface area (Å²) in [6.07, 6.45) is 0. The van der Waals surface area contributed by atoms with E-state index in [0.29, 0.717) is 13.1 Å². The fourth-order valence-corrected chi connectivity index (χ4v) is 3.19. The fraction of sp³-hybridized carbons (Fsp3) is 0.353. The van der Waals surface area contributed by atoms with Crippen LogP contribution in [0.4, 0.5) is 4.79 Å². The Morgan fingerprint density at radius 2 is 1.86 bits per heavy atom. The molecular weight excluding hydrogens is 294 g/mol. The summed E-state index contributed by atoms with van der Waals surface area (Å²) in [5.74, 6) is 0. The first-order valence-electron chi connectivity index (χ1n) is 7.30. The molecule has 0 aliphatic carbocycles. The molecule has 0 fully saturated rings.